The van der Waals surface area contributed by atoms with Crippen molar-refractivity contribution in [1.82, 2.24) is 9.99 Å². The molecule has 1 heterocycles. The average Bonchev–Trinajstić information content (AvgIpc) is 3.09. The van der Waals surface area contributed by atoms with Crippen LogP contribution in [-0.4, -0.2) is 16.6 Å². The zero-order chi connectivity index (χ0) is 20.1. The summed E-state index contributed by atoms with van der Waals surface area (Å²) in [7, 11) is 0. The van der Waals surface area contributed by atoms with E-state index in [-0.39, 0.29) is 5.91 Å². The fraction of sp³-hybridized carbons (Fsp3) is 0.200. The standard InChI is InChI=1S/C20H19Cl2N3O2S/c1-3-25-18(14-7-9-15(21)10-8-14)12-28-20(25)24-23-19(26)13(2)27-17-6-4-5-16(22)11-17/h4-13H,3H2,1-2H3,(H,23,26)/b24-20+. The minimum Gasteiger partial charge on any atom is -0.481 e. The van der Waals surface area contributed by atoms with Crippen LogP contribution in [-0.2, 0) is 11.3 Å². The lowest BCUT2D eigenvalue weighted by Crippen LogP contribution is -2.35. The number of carbonyl (C=O) groups is 1. The lowest BCUT2D eigenvalue weighted by Gasteiger charge is -2.13. The van der Waals surface area contributed by atoms with E-state index in [2.05, 4.69) is 10.5 Å². The highest BCUT2D eigenvalue weighted by molar-refractivity contribution is 7.07. The molecule has 0 spiro atoms. The highest BCUT2D eigenvalue weighted by Crippen LogP contribution is 2.22. The highest BCUT2D eigenvalue weighted by atomic mass is 35.5. The molecular weight excluding hydrogens is 417 g/mol. The van der Waals surface area contributed by atoms with Gasteiger partial charge in [0.25, 0.3) is 5.91 Å². The van der Waals surface area contributed by atoms with Gasteiger partial charge < -0.3 is 9.30 Å². The van der Waals surface area contributed by atoms with Gasteiger partial charge in [-0.25, -0.2) is 5.43 Å². The molecule has 1 unspecified atom stereocenters. The average molecular weight is 436 g/mol. The third-order valence-corrected chi connectivity index (χ3v) is 5.34. The molecule has 28 heavy (non-hydrogen) atoms. The SMILES string of the molecule is CCn1c(-c2ccc(Cl)cc2)cs/c1=N/NC(=O)C(C)Oc1cccc(Cl)c1. The summed E-state index contributed by atoms with van der Waals surface area (Å²) in [6.07, 6.45) is -0.715. The molecule has 5 nitrogen and oxygen atoms in total. The molecule has 0 aliphatic heterocycles. The van der Waals surface area contributed by atoms with Gasteiger partial charge in [-0.1, -0.05) is 41.4 Å². The Morgan fingerprint density at radius 3 is 2.64 bits per heavy atom. The van der Waals surface area contributed by atoms with E-state index in [1.54, 1.807) is 31.2 Å². The van der Waals surface area contributed by atoms with E-state index in [0.717, 1.165) is 11.3 Å². The number of nitrogens with one attached hydrogen (secondary N) is 1. The quantitative estimate of drug-likeness (QED) is 0.557. The van der Waals surface area contributed by atoms with Gasteiger partial charge in [-0.3, -0.25) is 4.79 Å². The number of ether oxygens (including phenoxy) is 1. The van der Waals surface area contributed by atoms with Crippen molar-refractivity contribution in [3.05, 3.63) is 68.8 Å². The highest BCUT2D eigenvalue weighted by Gasteiger charge is 2.15. The van der Waals surface area contributed by atoms with Gasteiger partial charge in [0, 0.05) is 22.0 Å². The lowest BCUT2D eigenvalue weighted by atomic mass is 10.2. The molecule has 8 heteroatoms. The molecule has 3 aromatic rings. The van der Waals surface area contributed by atoms with E-state index in [1.165, 1.54) is 11.3 Å². The molecule has 0 aliphatic rings. The van der Waals surface area contributed by atoms with E-state index in [4.69, 9.17) is 27.9 Å². The van der Waals surface area contributed by atoms with Crippen molar-refractivity contribution in [3.63, 3.8) is 0 Å². The molecular formula is C20H19Cl2N3O2S. The molecule has 1 amide bonds. The zero-order valence-corrected chi connectivity index (χ0v) is 17.7. The molecule has 0 saturated carbocycles. The van der Waals surface area contributed by atoms with Gasteiger partial charge in [0.1, 0.15) is 5.75 Å². The Kier molecular flexibility index (Phi) is 6.78. The van der Waals surface area contributed by atoms with Crippen LogP contribution in [0.1, 0.15) is 13.8 Å². The van der Waals surface area contributed by atoms with Gasteiger partial charge in [-0.2, -0.15) is 0 Å². The normalized spacial score (nSPS) is 12.6. The fourth-order valence-electron chi connectivity index (χ4n) is 2.57. The summed E-state index contributed by atoms with van der Waals surface area (Å²) >= 11 is 13.4. The number of hydrogen-bond donors (Lipinski definition) is 1. The summed E-state index contributed by atoms with van der Waals surface area (Å²) in [5.41, 5.74) is 4.63. The van der Waals surface area contributed by atoms with Gasteiger partial charge in [0.05, 0.1) is 5.69 Å². The van der Waals surface area contributed by atoms with Crippen LogP contribution in [0.3, 0.4) is 0 Å². The third kappa shape index (κ3) is 4.95. The predicted octanol–water partition coefficient (Wildman–Crippen LogP) is 4.94. The number of carbonyl (C=O) groups excluding carboxylic acids is 1. The Hall–Kier alpha value is -2.28. The van der Waals surface area contributed by atoms with Gasteiger partial charge in [0.15, 0.2) is 6.10 Å². The Bertz CT molecular complexity index is 1030. The van der Waals surface area contributed by atoms with Crippen LogP contribution in [0.4, 0.5) is 0 Å². The first-order valence-electron chi connectivity index (χ1n) is 8.68. The Morgan fingerprint density at radius 1 is 1.21 bits per heavy atom. The summed E-state index contributed by atoms with van der Waals surface area (Å²) in [4.78, 5) is 13.0. The monoisotopic (exact) mass is 435 g/mol. The van der Waals surface area contributed by atoms with Crippen molar-refractivity contribution >= 4 is 40.4 Å². The van der Waals surface area contributed by atoms with Crippen molar-refractivity contribution in [2.75, 3.05) is 0 Å². The van der Waals surface area contributed by atoms with Crippen molar-refractivity contribution < 1.29 is 9.53 Å². The topological polar surface area (TPSA) is 55.6 Å². The summed E-state index contributed by atoms with van der Waals surface area (Å²) < 4.78 is 7.64. The second-order valence-corrected chi connectivity index (χ2v) is 7.67. The number of hydrogen-bond acceptors (Lipinski definition) is 4. The Labute approximate surface area is 177 Å². The largest absolute Gasteiger partial charge is 0.481 e. The number of thiazole rings is 1. The number of benzene rings is 2. The van der Waals surface area contributed by atoms with E-state index in [1.807, 2.05) is 41.1 Å². The summed E-state index contributed by atoms with van der Waals surface area (Å²) in [6, 6.07) is 14.5. The molecule has 0 radical (unpaired) electrons. The number of halogens is 2. The summed E-state index contributed by atoms with van der Waals surface area (Å²) in [5.74, 6) is 0.184. The minimum atomic E-state index is -0.715. The van der Waals surface area contributed by atoms with E-state index in [9.17, 15) is 4.79 Å². The first-order valence-corrected chi connectivity index (χ1v) is 10.3. The van der Waals surface area contributed by atoms with Crippen LogP contribution < -0.4 is 15.0 Å². The lowest BCUT2D eigenvalue weighted by molar-refractivity contribution is -0.127. The van der Waals surface area contributed by atoms with Crippen LogP contribution in [0.25, 0.3) is 11.3 Å². The van der Waals surface area contributed by atoms with Crippen LogP contribution in [0.5, 0.6) is 5.75 Å². The molecule has 0 aliphatic carbocycles. The molecule has 3 rings (SSSR count). The third-order valence-electron chi connectivity index (χ3n) is 3.99. The molecule has 1 aromatic heterocycles. The first-order chi connectivity index (χ1) is 13.5. The van der Waals surface area contributed by atoms with E-state index in [0.29, 0.717) is 27.1 Å². The van der Waals surface area contributed by atoms with Gasteiger partial charge in [-0.05, 0) is 49.7 Å². The van der Waals surface area contributed by atoms with E-state index < -0.39 is 6.10 Å². The van der Waals surface area contributed by atoms with Crippen LogP contribution >= 0.6 is 34.5 Å². The van der Waals surface area contributed by atoms with Crippen LogP contribution in [0, 0.1) is 0 Å². The molecule has 146 valence electrons. The van der Waals surface area contributed by atoms with Crippen molar-refractivity contribution in [3.8, 4) is 17.0 Å². The summed E-state index contributed by atoms with van der Waals surface area (Å²) in [5, 5.41) is 7.51. The zero-order valence-electron chi connectivity index (χ0n) is 15.4. The maximum absolute atomic E-state index is 12.3. The number of amides is 1. The fourth-order valence-corrected chi connectivity index (χ4v) is 3.81. The number of rotatable bonds is 6. The second kappa shape index (κ2) is 9.28. The maximum atomic E-state index is 12.3. The smallest absolute Gasteiger partial charge is 0.280 e. The number of nitrogens with zero attached hydrogens (tertiary/aromatic N) is 2. The molecule has 0 fully saturated rings. The second-order valence-electron chi connectivity index (χ2n) is 5.96. The Morgan fingerprint density at radius 2 is 1.96 bits per heavy atom. The predicted molar refractivity (Wildman–Crippen MR) is 114 cm³/mol. The van der Waals surface area contributed by atoms with Gasteiger partial charge in [-0.15, -0.1) is 16.4 Å². The Balaban J connectivity index is 1.74. The van der Waals surface area contributed by atoms with Gasteiger partial charge in [0.2, 0.25) is 4.80 Å². The summed E-state index contributed by atoms with van der Waals surface area (Å²) in [6.45, 7) is 4.40. The van der Waals surface area contributed by atoms with E-state index >= 15 is 0 Å². The minimum absolute atomic E-state index is 0.343. The van der Waals surface area contributed by atoms with Gasteiger partial charge >= 0.3 is 0 Å². The van der Waals surface area contributed by atoms with Crippen molar-refractivity contribution in [2.24, 2.45) is 5.10 Å². The van der Waals surface area contributed by atoms with Crippen LogP contribution in [0.2, 0.25) is 10.0 Å². The first kappa shape index (κ1) is 20.5. The number of aromatic nitrogens is 1. The van der Waals surface area contributed by atoms with Crippen molar-refractivity contribution in [2.45, 2.75) is 26.5 Å². The van der Waals surface area contributed by atoms with Crippen LogP contribution in [0.15, 0.2) is 59.0 Å². The molecule has 2 aromatic carbocycles. The maximum Gasteiger partial charge on any atom is 0.280 e. The molecule has 1 atom stereocenters. The molecule has 0 bridgehead atoms. The molecule has 1 N–H and O–H groups in total. The van der Waals surface area contributed by atoms with Crippen molar-refractivity contribution in [1.29, 1.82) is 0 Å². The molecule has 0 saturated heterocycles.